The molecule has 1 N–H and O–H groups in total. The van der Waals surface area contributed by atoms with E-state index in [1.54, 1.807) is 4.80 Å². The molecular formula is C6H12N4. The van der Waals surface area contributed by atoms with Gasteiger partial charge in [0.05, 0.1) is 11.4 Å². The van der Waals surface area contributed by atoms with E-state index in [-0.39, 0.29) is 0 Å². The Morgan fingerprint density at radius 3 is 2.60 bits per heavy atom. The van der Waals surface area contributed by atoms with Gasteiger partial charge in [-0.05, 0) is 14.0 Å². The largest absolute Gasteiger partial charge is 0.314 e. The van der Waals surface area contributed by atoms with Crippen LogP contribution in [-0.2, 0) is 13.6 Å². The Kier molecular flexibility index (Phi) is 2.01. The minimum Gasteiger partial charge on any atom is -0.314 e. The third-order valence-corrected chi connectivity index (χ3v) is 1.32. The summed E-state index contributed by atoms with van der Waals surface area (Å²) < 4.78 is 0. The first-order chi connectivity index (χ1) is 4.74. The molecule has 1 aromatic rings. The Bertz CT molecular complexity index is 216. The molecule has 0 radical (unpaired) electrons. The molecule has 56 valence electrons. The summed E-state index contributed by atoms with van der Waals surface area (Å²) in [6.45, 7) is 2.75. The number of hydrogen-bond acceptors (Lipinski definition) is 3. The summed E-state index contributed by atoms with van der Waals surface area (Å²) in [6.07, 6.45) is 0. The van der Waals surface area contributed by atoms with Crippen molar-refractivity contribution in [1.29, 1.82) is 0 Å². The summed E-state index contributed by atoms with van der Waals surface area (Å²) in [7, 11) is 3.72. The number of aryl methyl sites for hydroxylation is 2. The molecule has 0 unspecified atom stereocenters. The van der Waals surface area contributed by atoms with E-state index in [1.807, 2.05) is 21.0 Å². The van der Waals surface area contributed by atoms with Crippen LogP contribution in [0, 0.1) is 6.92 Å². The van der Waals surface area contributed by atoms with Crippen LogP contribution in [0.25, 0.3) is 0 Å². The second kappa shape index (κ2) is 2.79. The van der Waals surface area contributed by atoms with Crippen LogP contribution in [0.3, 0.4) is 0 Å². The maximum absolute atomic E-state index is 4.14. The monoisotopic (exact) mass is 140 g/mol. The summed E-state index contributed by atoms with van der Waals surface area (Å²) >= 11 is 0. The molecule has 0 aliphatic rings. The van der Waals surface area contributed by atoms with Crippen LogP contribution in [0.4, 0.5) is 0 Å². The van der Waals surface area contributed by atoms with Crippen molar-refractivity contribution in [1.82, 2.24) is 20.3 Å². The predicted octanol–water partition coefficient (Wildman–Crippen LogP) is -0.157. The average molecular weight is 140 g/mol. The summed E-state index contributed by atoms with van der Waals surface area (Å²) in [5, 5.41) is 11.3. The lowest BCUT2D eigenvalue weighted by Gasteiger charge is -1.91. The summed E-state index contributed by atoms with van der Waals surface area (Å²) in [5.74, 6) is 0. The Morgan fingerprint density at radius 2 is 2.20 bits per heavy atom. The lowest BCUT2D eigenvalue weighted by Crippen LogP contribution is -2.06. The molecule has 0 atom stereocenters. The molecule has 1 rings (SSSR count). The molecule has 10 heavy (non-hydrogen) atoms. The quantitative estimate of drug-likeness (QED) is 0.621. The van der Waals surface area contributed by atoms with Crippen LogP contribution in [-0.4, -0.2) is 22.0 Å². The fraction of sp³-hybridized carbons (Fsp3) is 0.667. The van der Waals surface area contributed by atoms with Crippen LogP contribution in [0.15, 0.2) is 0 Å². The lowest BCUT2D eigenvalue weighted by molar-refractivity contribution is 0.636. The van der Waals surface area contributed by atoms with E-state index < -0.39 is 0 Å². The van der Waals surface area contributed by atoms with Gasteiger partial charge >= 0.3 is 0 Å². The highest BCUT2D eigenvalue weighted by molar-refractivity contribution is 5.05. The molecule has 0 spiro atoms. The molecule has 4 nitrogen and oxygen atoms in total. The van der Waals surface area contributed by atoms with Crippen molar-refractivity contribution in [3.05, 3.63) is 11.4 Å². The molecule has 0 fully saturated rings. The normalized spacial score (nSPS) is 10.3. The van der Waals surface area contributed by atoms with Crippen molar-refractivity contribution in [3.63, 3.8) is 0 Å². The highest BCUT2D eigenvalue weighted by Crippen LogP contribution is 1.97. The number of aromatic nitrogens is 3. The van der Waals surface area contributed by atoms with Crippen LogP contribution in [0.5, 0.6) is 0 Å². The van der Waals surface area contributed by atoms with Gasteiger partial charge in [0.15, 0.2) is 0 Å². The zero-order chi connectivity index (χ0) is 7.56. The highest BCUT2D eigenvalue weighted by Gasteiger charge is 2.01. The summed E-state index contributed by atoms with van der Waals surface area (Å²) in [5.41, 5.74) is 2.02. The number of nitrogens with one attached hydrogen (secondary N) is 1. The summed E-state index contributed by atoms with van der Waals surface area (Å²) in [6, 6.07) is 0. The van der Waals surface area contributed by atoms with Crippen LogP contribution in [0.2, 0.25) is 0 Å². The van der Waals surface area contributed by atoms with Gasteiger partial charge in [-0.15, -0.1) is 0 Å². The SMILES string of the molecule is CNCc1nn(C)nc1C. The number of hydrogen-bond donors (Lipinski definition) is 1. The maximum Gasteiger partial charge on any atom is 0.0993 e. The standard InChI is InChI=1S/C6H12N4/c1-5-6(4-7-2)9-10(3)8-5/h7H,4H2,1-3H3. The van der Waals surface area contributed by atoms with Crippen molar-refractivity contribution < 1.29 is 0 Å². The molecule has 0 aliphatic carbocycles. The second-order valence-corrected chi connectivity index (χ2v) is 2.25. The van der Waals surface area contributed by atoms with E-state index >= 15 is 0 Å². The van der Waals surface area contributed by atoms with Gasteiger partial charge < -0.3 is 5.32 Å². The highest BCUT2D eigenvalue weighted by atomic mass is 15.5. The molecule has 1 heterocycles. The first-order valence-electron chi connectivity index (χ1n) is 3.25. The van der Waals surface area contributed by atoms with Gasteiger partial charge in [0.1, 0.15) is 0 Å². The van der Waals surface area contributed by atoms with Crippen LogP contribution >= 0.6 is 0 Å². The van der Waals surface area contributed by atoms with Crippen LogP contribution in [0.1, 0.15) is 11.4 Å². The molecule has 0 saturated heterocycles. The van der Waals surface area contributed by atoms with Gasteiger partial charge in [-0.1, -0.05) is 0 Å². The van der Waals surface area contributed by atoms with E-state index in [4.69, 9.17) is 0 Å². The zero-order valence-electron chi connectivity index (χ0n) is 6.55. The lowest BCUT2D eigenvalue weighted by atomic mass is 10.3. The predicted molar refractivity (Wildman–Crippen MR) is 38.5 cm³/mol. The molecule has 1 aromatic heterocycles. The van der Waals surface area contributed by atoms with Crippen molar-refractivity contribution >= 4 is 0 Å². The fourth-order valence-electron chi connectivity index (χ4n) is 0.875. The van der Waals surface area contributed by atoms with Gasteiger partial charge in [-0.2, -0.15) is 15.0 Å². The second-order valence-electron chi connectivity index (χ2n) is 2.25. The Morgan fingerprint density at radius 1 is 1.50 bits per heavy atom. The third kappa shape index (κ3) is 1.33. The molecule has 0 saturated carbocycles. The minimum absolute atomic E-state index is 0.791. The van der Waals surface area contributed by atoms with Gasteiger partial charge in [0.25, 0.3) is 0 Å². The van der Waals surface area contributed by atoms with E-state index in [2.05, 4.69) is 15.5 Å². The smallest absolute Gasteiger partial charge is 0.0993 e. The van der Waals surface area contributed by atoms with Gasteiger partial charge in [-0.25, -0.2) is 0 Å². The first-order valence-corrected chi connectivity index (χ1v) is 3.25. The van der Waals surface area contributed by atoms with Crippen LogP contribution < -0.4 is 5.32 Å². The van der Waals surface area contributed by atoms with Crippen molar-refractivity contribution in [2.24, 2.45) is 7.05 Å². The third-order valence-electron chi connectivity index (χ3n) is 1.32. The maximum atomic E-state index is 4.14. The first kappa shape index (κ1) is 7.21. The minimum atomic E-state index is 0.791. The van der Waals surface area contributed by atoms with Crippen molar-refractivity contribution in [2.45, 2.75) is 13.5 Å². The molecule has 0 bridgehead atoms. The number of nitrogens with zero attached hydrogens (tertiary/aromatic N) is 3. The van der Waals surface area contributed by atoms with E-state index in [0.717, 1.165) is 17.9 Å². The Hall–Kier alpha value is -0.900. The van der Waals surface area contributed by atoms with E-state index in [0.29, 0.717) is 0 Å². The van der Waals surface area contributed by atoms with Gasteiger partial charge in [0, 0.05) is 13.6 Å². The molecule has 4 heteroatoms. The average Bonchev–Trinajstić information content (AvgIpc) is 2.13. The molecule has 0 amide bonds. The van der Waals surface area contributed by atoms with Gasteiger partial charge in [0.2, 0.25) is 0 Å². The van der Waals surface area contributed by atoms with Crippen molar-refractivity contribution in [3.8, 4) is 0 Å². The Balaban J connectivity index is 2.81. The van der Waals surface area contributed by atoms with Crippen molar-refractivity contribution in [2.75, 3.05) is 7.05 Å². The topological polar surface area (TPSA) is 42.7 Å². The molecule has 0 aromatic carbocycles. The summed E-state index contributed by atoms with van der Waals surface area (Å²) in [4.78, 5) is 1.59. The fourth-order valence-corrected chi connectivity index (χ4v) is 0.875. The molecular weight excluding hydrogens is 128 g/mol. The van der Waals surface area contributed by atoms with Gasteiger partial charge in [-0.3, -0.25) is 0 Å². The Labute approximate surface area is 60.2 Å². The zero-order valence-corrected chi connectivity index (χ0v) is 6.55. The number of rotatable bonds is 2. The van der Waals surface area contributed by atoms with E-state index in [9.17, 15) is 0 Å². The molecule has 0 aliphatic heterocycles. The van der Waals surface area contributed by atoms with E-state index in [1.165, 1.54) is 0 Å².